The molecule has 1 fully saturated rings. The van der Waals surface area contributed by atoms with E-state index in [1.165, 1.54) is 0 Å². The van der Waals surface area contributed by atoms with E-state index >= 15 is 0 Å². The summed E-state index contributed by atoms with van der Waals surface area (Å²) in [5, 5.41) is 0. The molecule has 0 N–H and O–H groups in total. The fourth-order valence-electron chi connectivity index (χ4n) is 3.71. The van der Waals surface area contributed by atoms with Gasteiger partial charge in [-0.15, -0.1) is 0 Å². The van der Waals surface area contributed by atoms with Crippen LogP contribution in [0, 0.1) is 18.8 Å². The summed E-state index contributed by atoms with van der Waals surface area (Å²) in [5.41, 5.74) is 1.80. The Morgan fingerprint density at radius 3 is 2.52 bits per heavy atom. The summed E-state index contributed by atoms with van der Waals surface area (Å²) in [4.78, 5) is 49.1. The number of aryl methyl sites for hydroxylation is 1. The van der Waals surface area contributed by atoms with Crippen LogP contribution in [0.2, 0.25) is 0 Å². The first-order valence-corrected chi connectivity index (χ1v) is 8.21. The monoisotopic (exact) mass is 312 g/mol. The van der Waals surface area contributed by atoms with Crippen molar-refractivity contribution in [3.63, 3.8) is 0 Å². The van der Waals surface area contributed by atoms with Crippen LogP contribution < -0.4 is 0 Å². The van der Waals surface area contributed by atoms with Gasteiger partial charge in [0, 0.05) is 36.3 Å². The van der Waals surface area contributed by atoms with Crippen LogP contribution in [0.5, 0.6) is 0 Å². The third-order valence-electron chi connectivity index (χ3n) is 5.04. The fourth-order valence-corrected chi connectivity index (χ4v) is 3.71. The maximum atomic E-state index is 12.6. The second-order valence-corrected chi connectivity index (χ2v) is 6.61. The van der Waals surface area contributed by atoms with E-state index in [1.54, 1.807) is 12.1 Å². The molecule has 1 saturated carbocycles. The molecule has 1 aromatic carbocycles. The summed E-state index contributed by atoms with van der Waals surface area (Å²) < 4.78 is 0. The normalized spacial score (nSPS) is 25.3. The molecule has 4 nitrogen and oxygen atoms in total. The molecular formula is C19H20O4. The summed E-state index contributed by atoms with van der Waals surface area (Å²) in [6.07, 6.45) is 2.50. The first-order valence-electron chi connectivity index (χ1n) is 8.21. The largest absolute Gasteiger partial charge is 0.300 e. The highest BCUT2D eigenvalue weighted by molar-refractivity contribution is 6.27. The lowest BCUT2D eigenvalue weighted by Gasteiger charge is -2.20. The predicted molar refractivity (Wildman–Crippen MR) is 84.5 cm³/mol. The second-order valence-electron chi connectivity index (χ2n) is 6.61. The van der Waals surface area contributed by atoms with E-state index in [2.05, 4.69) is 0 Å². The van der Waals surface area contributed by atoms with Crippen molar-refractivity contribution in [2.24, 2.45) is 11.8 Å². The second kappa shape index (κ2) is 6.19. The highest BCUT2D eigenvalue weighted by Crippen LogP contribution is 2.35. The van der Waals surface area contributed by atoms with E-state index in [9.17, 15) is 19.2 Å². The van der Waals surface area contributed by atoms with Gasteiger partial charge in [-0.05, 0) is 31.7 Å². The molecule has 0 amide bonds. The van der Waals surface area contributed by atoms with Gasteiger partial charge in [-0.1, -0.05) is 18.2 Å². The zero-order valence-electron chi connectivity index (χ0n) is 13.3. The van der Waals surface area contributed by atoms with Crippen LogP contribution in [0.4, 0.5) is 0 Å². The number of fused-ring (bicyclic) bond motifs is 1. The summed E-state index contributed by atoms with van der Waals surface area (Å²) in [6.45, 7) is 1.83. The van der Waals surface area contributed by atoms with E-state index in [4.69, 9.17) is 0 Å². The van der Waals surface area contributed by atoms with Crippen molar-refractivity contribution in [2.45, 2.75) is 45.4 Å². The number of ketones is 4. The molecule has 3 rings (SSSR count). The van der Waals surface area contributed by atoms with Gasteiger partial charge in [0.15, 0.2) is 11.6 Å². The molecule has 23 heavy (non-hydrogen) atoms. The highest BCUT2D eigenvalue weighted by atomic mass is 16.2. The first-order chi connectivity index (χ1) is 11.0. The number of benzene rings is 1. The molecule has 0 spiro atoms. The summed E-state index contributed by atoms with van der Waals surface area (Å²) in [7, 11) is 0. The molecule has 0 aliphatic heterocycles. The lowest BCUT2D eigenvalue weighted by molar-refractivity contribution is -0.126. The van der Waals surface area contributed by atoms with Crippen LogP contribution in [0.3, 0.4) is 0 Å². The molecule has 2 aliphatic carbocycles. The molecule has 2 aliphatic rings. The SMILES string of the molecule is Cc1cccc2c1C(=O)C(CC1CCC(=O)CCCC1=O)C2=O. The molecule has 0 aromatic heterocycles. The van der Waals surface area contributed by atoms with Crippen molar-refractivity contribution in [3.8, 4) is 0 Å². The zero-order valence-corrected chi connectivity index (χ0v) is 13.3. The van der Waals surface area contributed by atoms with Crippen molar-refractivity contribution in [2.75, 3.05) is 0 Å². The molecule has 0 saturated heterocycles. The van der Waals surface area contributed by atoms with Gasteiger partial charge in [0.2, 0.25) is 0 Å². The van der Waals surface area contributed by atoms with E-state index in [0.29, 0.717) is 43.2 Å². The predicted octanol–water partition coefficient (Wildman–Crippen LogP) is 3.10. The van der Waals surface area contributed by atoms with Gasteiger partial charge in [0.25, 0.3) is 0 Å². The number of hydrogen-bond acceptors (Lipinski definition) is 4. The van der Waals surface area contributed by atoms with Crippen LogP contribution >= 0.6 is 0 Å². The molecule has 2 unspecified atom stereocenters. The van der Waals surface area contributed by atoms with E-state index in [-0.39, 0.29) is 35.5 Å². The van der Waals surface area contributed by atoms with Crippen molar-refractivity contribution in [1.82, 2.24) is 0 Å². The standard InChI is InChI=1S/C19H20O4/c1-11-4-2-6-14-17(11)19(23)15(18(14)22)10-12-8-9-13(20)5-3-7-16(12)21/h2,4,6,12,15H,3,5,7-10H2,1H3. The van der Waals surface area contributed by atoms with Crippen molar-refractivity contribution in [3.05, 3.63) is 34.9 Å². The lowest BCUT2D eigenvalue weighted by atomic mass is 9.82. The number of carbonyl (C=O) groups excluding carboxylic acids is 4. The Hall–Kier alpha value is -2.10. The Bertz CT molecular complexity index is 701. The van der Waals surface area contributed by atoms with Gasteiger partial charge in [-0.3, -0.25) is 19.2 Å². The Balaban J connectivity index is 1.82. The highest BCUT2D eigenvalue weighted by Gasteiger charge is 2.41. The Labute approximate surface area is 135 Å². The van der Waals surface area contributed by atoms with Crippen molar-refractivity contribution >= 4 is 23.1 Å². The molecule has 1 aromatic rings. The zero-order chi connectivity index (χ0) is 16.6. The van der Waals surface area contributed by atoms with Gasteiger partial charge in [0.1, 0.15) is 11.6 Å². The van der Waals surface area contributed by atoms with Gasteiger partial charge in [-0.25, -0.2) is 0 Å². The maximum absolute atomic E-state index is 12.6. The van der Waals surface area contributed by atoms with Crippen LogP contribution in [0.25, 0.3) is 0 Å². The quantitative estimate of drug-likeness (QED) is 0.787. The van der Waals surface area contributed by atoms with Gasteiger partial charge < -0.3 is 0 Å². The van der Waals surface area contributed by atoms with Crippen LogP contribution in [0.1, 0.15) is 64.8 Å². The molecular weight excluding hydrogens is 292 g/mol. The van der Waals surface area contributed by atoms with Gasteiger partial charge in [0.05, 0.1) is 5.92 Å². The minimum atomic E-state index is -0.755. The number of carbonyl (C=O) groups is 4. The van der Waals surface area contributed by atoms with Crippen LogP contribution in [-0.4, -0.2) is 23.1 Å². The Morgan fingerprint density at radius 2 is 1.78 bits per heavy atom. The Kier molecular flexibility index (Phi) is 4.24. The average molecular weight is 312 g/mol. The van der Waals surface area contributed by atoms with E-state index < -0.39 is 5.92 Å². The minimum absolute atomic E-state index is 0.0887. The summed E-state index contributed by atoms with van der Waals surface area (Å²) in [5.74, 6) is -1.18. The van der Waals surface area contributed by atoms with Crippen LogP contribution in [-0.2, 0) is 9.59 Å². The number of Topliss-reactive ketones (excluding diaryl/α,β-unsaturated/α-hetero) is 4. The first kappa shape index (κ1) is 15.8. The average Bonchev–Trinajstić information content (AvgIpc) is 2.75. The third-order valence-corrected chi connectivity index (χ3v) is 5.04. The number of hydrogen-bond donors (Lipinski definition) is 0. The maximum Gasteiger partial charge on any atom is 0.174 e. The smallest absolute Gasteiger partial charge is 0.174 e. The summed E-state index contributed by atoms with van der Waals surface area (Å²) in [6, 6.07) is 5.29. The lowest BCUT2D eigenvalue weighted by Crippen LogP contribution is -2.26. The van der Waals surface area contributed by atoms with Crippen molar-refractivity contribution < 1.29 is 19.2 Å². The van der Waals surface area contributed by atoms with Gasteiger partial charge >= 0.3 is 0 Å². The molecule has 2 atom stereocenters. The number of rotatable bonds is 2. The molecule has 120 valence electrons. The van der Waals surface area contributed by atoms with Gasteiger partial charge in [-0.2, -0.15) is 0 Å². The molecule has 0 radical (unpaired) electrons. The van der Waals surface area contributed by atoms with E-state index in [0.717, 1.165) is 5.56 Å². The summed E-state index contributed by atoms with van der Waals surface area (Å²) >= 11 is 0. The topological polar surface area (TPSA) is 68.3 Å². The minimum Gasteiger partial charge on any atom is -0.300 e. The molecule has 0 bridgehead atoms. The Morgan fingerprint density at radius 1 is 1.00 bits per heavy atom. The molecule has 4 heteroatoms. The fraction of sp³-hybridized carbons (Fsp3) is 0.474. The van der Waals surface area contributed by atoms with E-state index in [1.807, 2.05) is 13.0 Å². The van der Waals surface area contributed by atoms with Crippen LogP contribution in [0.15, 0.2) is 18.2 Å². The third kappa shape index (κ3) is 2.90. The molecule has 0 heterocycles. The van der Waals surface area contributed by atoms with Crippen molar-refractivity contribution in [1.29, 1.82) is 0 Å².